The normalized spacial score (nSPS) is 12.5. The fraction of sp³-hybridized carbons (Fsp3) is 0.889. The number of nitrogens with one attached hydrogen (secondary N) is 2. The summed E-state index contributed by atoms with van der Waals surface area (Å²) in [7, 11) is 0. The van der Waals surface area contributed by atoms with Gasteiger partial charge in [-0.3, -0.25) is 9.59 Å². The number of aliphatic carboxylic acids is 2. The average Bonchev–Trinajstić information content (AvgIpc) is 2.98. The van der Waals surface area contributed by atoms with Gasteiger partial charge in [-0.15, -0.1) is 0 Å². The second kappa shape index (κ2) is 30.5. The lowest BCUT2D eigenvalue weighted by Crippen LogP contribution is -2.61. The van der Waals surface area contributed by atoms with E-state index in [2.05, 4.69) is 24.5 Å². The number of unbranched alkanes of at least 4 members (excludes halogenated alkanes) is 20. The van der Waals surface area contributed by atoms with Gasteiger partial charge in [0.25, 0.3) is 0 Å². The summed E-state index contributed by atoms with van der Waals surface area (Å²) in [6.07, 6.45) is 27.4. The molecule has 0 aliphatic carbocycles. The van der Waals surface area contributed by atoms with E-state index >= 15 is 0 Å². The first-order valence-electron chi connectivity index (χ1n) is 18.5. The summed E-state index contributed by atoms with van der Waals surface area (Å²) in [5, 5.41) is 26.7. The van der Waals surface area contributed by atoms with E-state index in [0.717, 1.165) is 38.5 Å². The third kappa shape index (κ3) is 29.0. The predicted octanol–water partition coefficient (Wildman–Crippen LogP) is 6.27. The van der Waals surface area contributed by atoms with Crippen LogP contribution in [0.25, 0.3) is 0 Å². The Bertz CT molecular complexity index is 745. The van der Waals surface area contributed by atoms with Crippen LogP contribution in [0, 0.1) is 0 Å². The number of carboxylic acids is 2. The van der Waals surface area contributed by atoms with Gasteiger partial charge in [0.1, 0.15) is 6.54 Å². The summed E-state index contributed by atoms with van der Waals surface area (Å²) in [5.74, 6) is -2.69. The Morgan fingerprint density at radius 3 is 1.11 bits per heavy atom. The number of carbonyl (C=O) groups excluding carboxylic acids is 3. The van der Waals surface area contributed by atoms with E-state index in [1.54, 1.807) is 0 Å². The van der Waals surface area contributed by atoms with Gasteiger partial charge in [-0.1, -0.05) is 142 Å². The van der Waals surface area contributed by atoms with Crippen molar-refractivity contribution in [1.82, 2.24) is 10.6 Å². The first kappa shape index (κ1) is 42.8. The molecule has 0 aromatic rings. The SMILES string of the molecule is CCCCCCCCCCCCCCCC(=O)NCC[N+](CCNC(=O)CCCCCCCCCCC)(CC(=O)[O-])CC(=O)O. The monoisotopic (exact) mass is 640 g/mol. The van der Waals surface area contributed by atoms with Crippen molar-refractivity contribution in [2.24, 2.45) is 0 Å². The Hall–Kier alpha value is -2.16. The first-order chi connectivity index (χ1) is 21.7. The van der Waals surface area contributed by atoms with Crippen LogP contribution in [-0.2, 0) is 19.2 Å². The zero-order valence-electron chi connectivity index (χ0n) is 29.1. The highest BCUT2D eigenvalue weighted by atomic mass is 16.4. The van der Waals surface area contributed by atoms with Crippen molar-refractivity contribution in [1.29, 1.82) is 0 Å². The molecule has 1 unspecified atom stereocenters. The lowest BCUT2D eigenvalue weighted by atomic mass is 10.0. The van der Waals surface area contributed by atoms with E-state index in [0.29, 0.717) is 12.8 Å². The summed E-state index contributed by atoms with van der Waals surface area (Å²) >= 11 is 0. The molecule has 0 radical (unpaired) electrons. The summed E-state index contributed by atoms with van der Waals surface area (Å²) in [4.78, 5) is 47.9. The highest BCUT2D eigenvalue weighted by Crippen LogP contribution is 2.13. The molecule has 0 heterocycles. The average molecular weight is 640 g/mol. The second-order valence-electron chi connectivity index (χ2n) is 13.1. The van der Waals surface area contributed by atoms with E-state index in [-0.39, 0.29) is 42.5 Å². The van der Waals surface area contributed by atoms with Crippen molar-refractivity contribution in [3.63, 3.8) is 0 Å². The Balaban J connectivity index is 4.26. The van der Waals surface area contributed by atoms with Gasteiger partial charge < -0.3 is 30.1 Å². The van der Waals surface area contributed by atoms with E-state index in [9.17, 15) is 29.4 Å². The summed E-state index contributed by atoms with van der Waals surface area (Å²) < 4.78 is -0.297. The Labute approximate surface area is 275 Å². The third-order valence-electron chi connectivity index (χ3n) is 8.77. The molecule has 1 atom stereocenters. The molecule has 0 aromatic carbocycles. The molecule has 0 spiro atoms. The number of hydrogen-bond donors (Lipinski definition) is 3. The third-order valence-corrected chi connectivity index (χ3v) is 8.77. The summed E-state index contributed by atoms with van der Waals surface area (Å²) in [6.45, 7) is 4.16. The van der Waals surface area contributed by atoms with Crippen molar-refractivity contribution < 1.29 is 33.9 Å². The number of carboxylic acid groups (broad SMARTS) is 2. The molecule has 2 amide bonds. The molecule has 0 saturated heterocycles. The van der Waals surface area contributed by atoms with Gasteiger partial charge in [-0.05, 0) is 12.8 Å². The van der Waals surface area contributed by atoms with Gasteiger partial charge in [0.2, 0.25) is 11.8 Å². The van der Waals surface area contributed by atoms with Crippen LogP contribution in [0.4, 0.5) is 0 Å². The van der Waals surface area contributed by atoms with Gasteiger partial charge in [-0.25, -0.2) is 4.79 Å². The largest absolute Gasteiger partial charge is 0.544 e. The molecule has 0 rings (SSSR count). The molecule has 0 saturated carbocycles. The fourth-order valence-corrected chi connectivity index (χ4v) is 5.99. The van der Waals surface area contributed by atoms with Gasteiger partial charge in [0.05, 0.1) is 32.1 Å². The van der Waals surface area contributed by atoms with Gasteiger partial charge in [0, 0.05) is 12.8 Å². The van der Waals surface area contributed by atoms with Gasteiger partial charge in [0.15, 0.2) is 6.54 Å². The molecule has 9 nitrogen and oxygen atoms in total. The molecule has 45 heavy (non-hydrogen) atoms. The van der Waals surface area contributed by atoms with Crippen molar-refractivity contribution in [3.05, 3.63) is 0 Å². The fourth-order valence-electron chi connectivity index (χ4n) is 5.99. The summed E-state index contributed by atoms with van der Waals surface area (Å²) in [5.41, 5.74) is 0. The maximum Gasteiger partial charge on any atom is 0.359 e. The number of amides is 2. The molecular weight excluding hydrogens is 570 g/mol. The van der Waals surface area contributed by atoms with Crippen molar-refractivity contribution in [3.8, 4) is 0 Å². The van der Waals surface area contributed by atoms with Crippen LogP contribution >= 0.6 is 0 Å². The lowest BCUT2D eigenvalue weighted by Gasteiger charge is -2.37. The molecule has 0 fully saturated rings. The number of rotatable bonds is 34. The topological polar surface area (TPSA) is 136 Å². The van der Waals surface area contributed by atoms with E-state index in [1.165, 1.54) is 103 Å². The molecule has 264 valence electrons. The molecule has 0 aliphatic heterocycles. The maximum absolute atomic E-state index is 12.4. The van der Waals surface area contributed by atoms with Crippen molar-refractivity contribution >= 4 is 23.8 Å². The van der Waals surface area contributed by atoms with Gasteiger partial charge >= 0.3 is 5.97 Å². The van der Waals surface area contributed by atoms with E-state index in [4.69, 9.17) is 0 Å². The molecule has 3 N–H and O–H groups in total. The summed E-state index contributed by atoms with van der Waals surface area (Å²) in [6, 6.07) is 0. The number of quaternary nitrogens is 1. The van der Waals surface area contributed by atoms with Crippen LogP contribution in [0.1, 0.15) is 168 Å². The zero-order valence-corrected chi connectivity index (χ0v) is 29.1. The van der Waals surface area contributed by atoms with Crippen LogP contribution in [0.15, 0.2) is 0 Å². The minimum atomic E-state index is -1.35. The van der Waals surface area contributed by atoms with Crippen molar-refractivity contribution in [2.75, 3.05) is 39.3 Å². The smallest absolute Gasteiger partial charge is 0.359 e. The molecule has 9 heteroatoms. The molecule has 0 aliphatic rings. The van der Waals surface area contributed by atoms with E-state index in [1.807, 2.05) is 0 Å². The van der Waals surface area contributed by atoms with E-state index < -0.39 is 25.0 Å². The quantitative estimate of drug-likeness (QED) is 0.0561. The minimum Gasteiger partial charge on any atom is -0.544 e. The maximum atomic E-state index is 12.4. The molecule has 0 bridgehead atoms. The standard InChI is InChI=1S/C36H69N3O6/c1-3-5-7-9-11-13-14-15-16-18-20-22-24-26-34(41)38-28-30-39(31-35(42)43,32-36(44)45)29-27-37-33(40)25-23-21-19-17-12-10-8-6-4-2/h3-32H2,1-2H3,(H3-,37,38,40,41,42,43,44,45). The highest BCUT2D eigenvalue weighted by molar-refractivity contribution is 5.76. The molecular formula is C36H69N3O6. The Morgan fingerprint density at radius 2 is 0.822 bits per heavy atom. The van der Waals surface area contributed by atoms with Gasteiger partial charge in [-0.2, -0.15) is 0 Å². The predicted molar refractivity (Wildman–Crippen MR) is 181 cm³/mol. The zero-order chi connectivity index (χ0) is 33.4. The van der Waals surface area contributed by atoms with Crippen LogP contribution in [-0.4, -0.2) is 72.6 Å². The highest BCUT2D eigenvalue weighted by Gasteiger charge is 2.30. The van der Waals surface area contributed by atoms with Crippen LogP contribution in [0.5, 0.6) is 0 Å². The second-order valence-corrected chi connectivity index (χ2v) is 13.1. The lowest BCUT2D eigenvalue weighted by molar-refractivity contribution is -0.913. The Morgan fingerprint density at radius 1 is 0.511 bits per heavy atom. The number of nitrogens with zero attached hydrogens (tertiary/aromatic N) is 1. The number of hydrogen-bond acceptors (Lipinski definition) is 5. The van der Waals surface area contributed by atoms with Crippen LogP contribution in [0.3, 0.4) is 0 Å². The number of carbonyl (C=O) groups is 4. The van der Waals surface area contributed by atoms with Crippen molar-refractivity contribution in [2.45, 2.75) is 168 Å². The first-order valence-corrected chi connectivity index (χ1v) is 18.5. The molecule has 0 aromatic heterocycles. The minimum absolute atomic E-state index is 0.103. The van der Waals surface area contributed by atoms with Crippen LogP contribution < -0.4 is 15.7 Å². The van der Waals surface area contributed by atoms with Crippen LogP contribution in [0.2, 0.25) is 0 Å². The Kier molecular flexibility index (Phi) is 29.0.